The molecule has 38 heavy (non-hydrogen) atoms. The van der Waals surface area contributed by atoms with Crippen molar-refractivity contribution < 1.29 is 34.3 Å². The maximum atomic E-state index is 13.5. The predicted octanol–water partition coefficient (Wildman–Crippen LogP) is 4.43. The number of carbonyl (C=O) groups excluding carboxylic acids is 2. The monoisotopic (exact) mass is 523 g/mol. The highest BCUT2D eigenvalue weighted by Gasteiger charge is 2.56. The smallest absolute Gasteiger partial charge is 0.455 e. The van der Waals surface area contributed by atoms with Crippen LogP contribution >= 0.6 is 0 Å². The van der Waals surface area contributed by atoms with Crippen molar-refractivity contribution in [1.82, 2.24) is 4.90 Å². The summed E-state index contributed by atoms with van der Waals surface area (Å²) in [6.45, 7) is 4.41. The molecule has 0 spiro atoms. The van der Waals surface area contributed by atoms with Crippen LogP contribution in [0.15, 0.2) is 41.0 Å². The lowest BCUT2D eigenvalue weighted by molar-refractivity contribution is -0.141. The Labute approximate surface area is 224 Å². The zero-order chi connectivity index (χ0) is 27.4. The van der Waals surface area contributed by atoms with Gasteiger partial charge >= 0.3 is 13.1 Å². The summed E-state index contributed by atoms with van der Waals surface area (Å²) >= 11 is 0. The van der Waals surface area contributed by atoms with Crippen molar-refractivity contribution in [3.8, 4) is 5.75 Å². The Morgan fingerprint density at radius 2 is 1.95 bits per heavy atom. The molecule has 9 heteroatoms. The van der Waals surface area contributed by atoms with Gasteiger partial charge in [-0.2, -0.15) is 0 Å². The van der Waals surface area contributed by atoms with Crippen LogP contribution in [0, 0.1) is 17.8 Å². The lowest BCUT2D eigenvalue weighted by atomic mass is 9.58. The Morgan fingerprint density at radius 1 is 1.16 bits per heavy atom. The maximum absolute atomic E-state index is 13.5. The van der Waals surface area contributed by atoms with Crippen molar-refractivity contribution in [3.05, 3.63) is 46.5 Å². The van der Waals surface area contributed by atoms with E-state index in [0.717, 1.165) is 35.1 Å². The number of phenolic OH excluding ortho intramolecular Hbond substituents is 1. The van der Waals surface area contributed by atoms with Crippen molar-refractivity contribution in [2.24, 2.45) is 17.8 Å². The van der Waals surface area contributed by atoms with Crippen LogP contribution in [0.3, 0.4) is 0 Å². The first kappa shape index (κ1) is 28.1. The molecule has 1 aromatic rings. The van der Waals surface area contributed by atoms with Crippen LogP contribution in [0.1, 0.15) is 70.8 Å². The van der Waals surface area contributed by atoms with Crippen LogP contribution in [0.2, 0.25) is 6.32 Å². The van der Waals surface area contributed by atoms with E-state index >= 15 is 0 Å². The van der Waals surface area contributed by atoms with E-state index in [0.29, 0.717) is 45.0 Å². The number of rotatable bonds is 11. The summed E-state index contributed by atoms with van der Waals surface area (Å²) in [5.74, 6) is -2.02. The lowest BCUT2D eigenvalue weighted by Gasteiger charge is -2.43. The van der Waals surface area contributed by atoms with E-state index in [2.05, 4.69) is 6.92 Å². The highest BCUT2D eigenvalue weighted by molar-refractivity contribution is 6.43. The van der Waals surface area contributed by atoms with Gasteiger partial charge in [0.05, 0.1) is 17.9 Å². The third-order valence-corrected chi connectivity index (χ3v) is 8.18. The van der Waals surface area contributed by atoms with Crippen LogP contribution in [0.4, 0.5) is 0 Å². The Kier molecular flexibility index (Phi) is 9.10. The van der Waals surface area contributed by atoms with Crippen molar-refractivity contribution in [2.75, 3.05) is 6.54 Å². The van der Waals surface area contributed by atoms with Gasteiger partial charge in [0.1, 0.15) is 5.75 Å². The number of aromatic hydroxyl groups is 1. The highest BCUT2D eigenvalue weighted by atomic mass is 16.5. The molecule has 1 aromatic carbocycles. The number of carboxylic acid groups (broad SMARTS) is 1. The number of carboxylic acids is 1. The van der Waals surface area contributed by atoms with Gasteiger partial charge in [0.25, 0.3) is 0 Å². The van der Waals surface area contributed by atoms with Crippen LogP contribution in [0.25, 0.3) is 6.08 Å². The van der Waals surface area contributed by atoms with Gasteiger partial charge in [-0.15, -0.1) is 0 Å². The second-order valence-electron chi connectivity index (χ2n) is 10.8. The normalized spacial score (nSPS) is 25.6. The number of aliphatic carboxylic acids is 1. The molecule has 8 nitrogen and oxygen atoms in total. The Morgan fingerprint density at radius 3 is 2.66 bits per heavy atom. The summed E-state index contributed by atoms with van der Waals surface area (Å²) in [6, 6.07) is 7.07. The van der Waals surface area contributed by atoms with Crippen LogP contribution in [0.5, 0.6) is 5.75 Å². The molecule has 2 aliphatic heterocycles. The average Bonchev–Trinajstić information content (AvgIpc) is 3.10. The standard InChI is InChI=1S/C29H38BNO7/c1-3-20-16-22-27(29(36)31(28(22)35)13-6-4-5-10-25(33)34)23-17-30(37)38-24(26(20)23)12-11-18(2)14-19-8-7-9-21(32)15-19/h7-9,14-15,22-24,27,32,37H,3-6,10-13,16-17H2,1-2H3,(H,33,34)/b18-14+/t22-,23+,24-,27-/m1/s1. The molecule has 2 fully saturated rings. The first-order chi connectivity index (χ1) is 18.2. The summed E-state index contributed by atoms with van der Waals surface area (Å²) in [7, 11) is -0.992. The summed E-state index contributed by atoms with van der Waals surface area (Å²) in [5.41, 5.74) is 4.28. The summed E-state index contributed by atoms with van der Waals surface area (Å²) in [5, 5.41) is 29.2. The number of benzene rings is 1. The average molecular weight is 523 g/mol. The lowest BCUT2D eigenvalue weighted by Crippen LogP contribution is -2.46. The van der Waals surface area contributed by atoms with E-state index in [1.807, 2.05) is 19.1 Å². The summed E-state index contributed by atoms with van der Waals surface area (Å²) in [6.07, 6.45) is 6.55. The molecule has 0 radical (unpaired) electrons. The number of unbranched alkanes of at least 4 members (excludes halogenated alkanes) is 2. The number of carbonyl (C=O) groups is 3. The van der Waals surface area contributed by atoms with E-state index in [4.69, 9.17) is 9.76 Å². The van der Waals surface area contributed by atoms with Gasteiger partial charge in [0.15, 0.2) is 0 Å². The maximum Gasteiger partial charge on any atom is 0.455 e. The molecular weight excluding hydrogens is 485 g/mol. The zero-order valence-electron chi connectivity index (χ0n) is 22.3. The number of likely N-dealkylation sites (tertiary alicyclic amines) is 1. The minimum Gasteiger partial charge on any atom is -0.508 e. The number of nitrogens with zero attached hydrogens (tertiary/aromatic N) is 1. The van der Waals surface area contributed by atoms with Crippen LogP contribution < -0.4 is 0 Å². The molecule has 0 bridgehead atoms. The molecule has 1 aliphatic carbocycles. The largest absolute Gasteiger partial charge is 0.508 e. The van der Waals surface area contributed by atoms with E-state index in [1.165, 1.54) is 4.90 Å². The second kappa shape index (κ2) is 12.3. The van der Waals surface area contributed by atoms with E-state index in [9.17, 15) is 24.5 Å². The van der Waals surface area contributed by atoms with Crippen LogP contribution in [-0.2, 0) is 19.0 Å². The van der Waals surface area contributed by atoms with Gasteiger partial charge in [-0.1, -0.05) is 42.7 Å². The molecule has 0 unspecified atom stereocenters. The number of phenols is 1. The van der Waals surface area contributed by atoms with Crippen molar-refractivity contribution >= 4 is 31.0 Å². The third kappa shape index (κ3) is 6.21. The van der Waals surface area contributed by atoms with Gasteiger partial charge in [-0.3, -0.25) is 19.3 Å². The van der Waals surface area contributed by atoms with E-state index in [-0.39, 0.29) is 36.0 Å². The fourth-order valence-electron chi connectivity index (χ4n) is 6.44. The Balaban J connectivity index is 1.48. The summed E-state index contributed by atoms with van der Waals surface area (Å²) < 4.78 is 6.03. The molecule has 0 saturated carbocycles. The fraction of sp³-hybridized carbons (Fsp3) is 0.552. The first-order valence-corrected chi connectivity index (χ1v) is 13.8. The first-order valence-electron chi connectivity index (χ1n) is 13.8. The van der Waals surface area contributed by atoms with Crippen molar-refractivity contribution in [3.63, 3.8) is 0 Å². The highest BCUT2D eigenvalue weighted by Crippen LogP contribution is 2.51. The number of imide groups is 1. The summed E-state index contributed by atoms with van der Waals surface area (Å²) in [4.78, 5) is 39.0. The number of allylic oxidation sites excluding steroid dienone is 2. The number of amides is 2. The fourth-order valence-corrected chi connectivity index (χ4v) is 6.44. The molecule has 2 amide bonds. The molecule has 0 aromatic heterocycles. The van der Waals surface area contributed by atoms with Crippen molar-refractivity contribution in [1.29, 1.82) is 0 Å². The quantitative estimate of drug-likeness (QED) is 0.170. The number of hydrogen-bond acceptors (Lipinski definition) is 6. The number of fused-ring (bicyclic) bond motifs is 3. The van der Waals surface area contributed by atoms with Gasteiger partial charge in [0, 0.05) is 13.0 Å². The molecular formula is C29H38BNO7. The molecule has 4 rings (SSSR count). The topological polar surface area (TPSA) is 124 Å². The molecule has 3 aliphatic rings. The van der Waals surface area contributed by atoms with Gasteiger partial charge < -0.3 is 19.9 Å². The predicted molar refractivity (Wildman–Crippen MR) is 144 cm³/mol. The third-order valence-electron chi connectivity index (χ3n) is 8.18. The van der Waals surface area contributed by atoms with Gasteiger partial charge in [-0.25, -0.2) is 0 Å². The van der Waals surface area contributed by atoms with Gasteiger partial charge in [-0.05, 0) is 81.0 Å². The Bertz CT molecular complexity index is 1130. The van der Waals surface area contributed by atoms with Crippen molar-refractivity contribution in [2.45, 2.75) is 77.6 Å². The zero-order valence-corrected chi connectivity index (χ0v) is 22.3. The van der Waals surface area contributed by atoms with E-state index < -0.39 is 24.9 Å². The SMILES string of the molecule is CCC1=C2[C@@H](CC/C(C)=C/c3cccc(O)c3)OB(O)C[C@@H]2[C@@H]2C(=O)N(CCCCCC(=O)O)C(=O)[C@@H]2C1. The molecule has 2 heterocycles. The second-order valence-corrected chi connectivity index (χ2v) is 10.8. The minimum atomic E-state index is -0.992. The number of hydrogen-bond donors (Lipinski definition) is 3. The molecule has 3 N–H and O–H groups in total. The Hall–Kier alpha value is -2.91. The minimum absolute atomic E-state index is 0.0874. The van der Waals surface area contributed by atoms with Gasteiger partial charge in [0.2, 0.25) is 11.8 Å². The molecule has 204 valence electrons. The van der Waals surface area contributed by atoms with Crippen LogP contribution in [-0.4, -0.2) is 57.7 Å². The molecule has 4 atom stereocenters. The van der Waals surface area contributed by atoms with E-state index in [1.54, 1.807) is 18.2 Å². The molecule has 2 saturated heterocycles.